The van der Waals surface area contributed by atoms with Crippen molar-refractivity contribution in [3.05, 3.63) is 50.3 Å². The fourth-order valence-corrected chi connectivity index (χ4v) is 2.43. The SMILES string of the molecule is Cc1csc(C(=O)NCCn2cnc(C)cc2=O)c1. The molecule has 0 atom stereocenters. The van der Waals surface area contributed by atoms with Gasteiger partial charge in [0.25, 0.3) is 11.5 Å². The molecule has 2 aromatic heterocycles. The number of aromatic nitrogens is 2. The maximum Gasteiger partial charge on any atom is 0.261 e. The molecule has 0 saturated heterocycles. The van der Waals surface area contributed by atoms with Crippen molar-refractivity contribution in [1.82, 2.24) is 14.9 Å². The number of aryl methyl sites for hydroxylation is 2. The van der Waals surface area contributed by atoms with Crippen molar-refractivity contribution in [2.45, 2.75) is 20.4 Å². The highest BCUT2D eigenvalue weighted by atomic mass is 32.1. The van der Waals surface area contributed by atoms with Crippen LogP contribution in [0.15, 0.2) is 28.6 Å². The largest absolute Gasteiger partial charge is 0.350 e. The Morgan fingerprint density at radius 2 is 2.21 bits per heavy atom. The van der Waals surface area contributed by atoms with Crippen LogP contribution in [-0.2, 0) is 6.54 Å². The third-order valence-corrected chi connectivity index (χ3v) is 3.66. The maximum atomic E-state index is 11.8. The molecule has 0 saturated carbocycles. The molecule has 5 nitrogen and oxygen atoms in total. The zero-order chi connectivity index (χ0) is 13.8. The Balaban J connectivity index is 1.90. The number of hydrogen-bond acceptors (Lipinski definition) is 4. The highest BCUT2D eigenvalue weighted by Gasteiger charge is 2.07. The van der Waals surface area contributed by atoms with Gasteiger partial charge in [-0.3, -0.25) is 14.2 Å². The van der Waals surface area contributed by atoms with Crippen LogP contribution in [0.5, 0.6) is 0 Å². The van der Waals surface area contributed by atoms with Gasteiger partial charge in [-0.15, -0.1) is 11.3 Å². The van der Waals surface area contributed by atoms with Gasteiger partial charge in [-0.05, 0) is 30.9 Å². The minimum atomic E-state index is -0.105. The average molecular weight is 277 g/mol. The monoisotopic (exact) mass is 277 g/mol. The number of thiophene rings is 1. The molecule has 1 amide bonds. The van der Waals surface area contributed by atoms with Crippen molar-refractivity contribution in [1.29, 1.82) is 0 Å². The number of nitrogens with one attached hydrogen (secondary N) is 1. The Kier molecular flexibility index (Phi) is 4.11. The van der Waals surface area contributed by atoms with Crippen molar-refractivity contribution in [3.63, 3.8) is 0 Å². The second kappa shape index (κ2) is 5.79. The average Bonchev–Trinajstić information content (AvgIpc) is 2.78. The fraction of sp³-hybridized carbons (Fsp3) is 0.308. The lowest BCUT2D eigenvalue weighted by atomic mass is 10.3. The summed E-state index contributed by atoms with van der Waals surface area (Å²) in [4.78, 5) is 28.1. The first-order valence-corrected chi connectivity index (χ1v) is 6.80. The van der Waals surface area contributed by atoms with E-state index in [4.69, 9.17) is 0 Å². The number of rotatable bonds is 4. The minimum Gasteiger partial charge on any atom is -0.350 e. The molecule has 2 rings (SSSR count). The van der Waals surface area contributed by atoms with Gasteiger partial charge >= 0.3 is 0 Å². The van der Waals surface area contributed by atoms with Crippen LogP contribution in [0.2, 0.25) is 0 Å². The fourth-order valence-electron chi connectivity index (χ4n) is 1.61. The summed E-state index contributed by atoms with van der Waals surface area (Å²) in [5.74, 6) is -0.105. The van der Waals surface area contributed by atoms with Gasteiger partial charge in [0.1, 0.15) is 0 Å². The number of nitrogens with zero attached hydrogens (tertiary/aromatic N) is 2. The van der Waals surface area contributed by atoms with Crippen LogP contribution in [-0.4, -0.2) is 22.0 Å². The molecule has 0 aromatic carbocycles. The van der Waals surface area contributed by atoms with E-state index in [1.54, 1.807) is 6.92 Å². The molecule has 1 N–H and O–H groups in total. The summed E-state index contributed by atoms with van der Waals surface area (Å²) in [5, 5.41) is 4.72. The molecule has 6 heteroatoms. The van der Waals surface area contributed by atoms with Gasteiger partial charge in [-0.1, -0.05) is 0 Å². The summed E-state index contributed by atoms with van der Waals surface area (Å²) in [6.45, 7) is 4.54. The van der Waals surface area contributed by atoms with Gasteiger partial charge in [0.15, 0.2) is 0 Å². The molecule has 0 aliphatic rings. The van der Waals surface area contributed by atoms with E-state index in [0.29, 0.717) is 23.7 Å². The van der Waals surface area contributed by atoms with Gasteiger partial charge in [0, 0.05) is 24.8 Å². The Morgan fingerprint density at radius 3 is 2.84 bits per heavy atom. The number of amides is 1. The molecule has 0 spiro atoms. The third-order valence-electron chi connectivity index (χ3n) is 2.61. The first-order valence-electron chi connectivity index (χ1n) is 5.92. The molecular formula is C13H15N3O2S. The molecule has 0 radical (unpaired) electrons. The highest BCUT2D eigenvalue weighted by Crippen LogP contribution is 2.12. The van der Waals surface area contributed by atoms with Gasteiger partial charge in [0.05, 0.1) is 11.2 Å². The van der Waals surface area contributed by atoms with E-state index in [1.807, 2.05) is 18.4 Å². The van der Waals surface area contributed by atoms with Crippen molar-refractivity contribution >= 4 is 17.2 Å². The molecule has 0 bridgehead atoms. The van der Waals surface area contributed by atoms with Crippen molar-refractivity contribution in [2.75, 3.05) is 6.54 Å². The van der Waals surface area contributed by atoms with Crippen molar-refractivity contribution in [2.24, 2.45) is 0 Å². The van der Waals surface area contributed by atoms with E-state index < -0.39 is 0 Å². The summed E-state index contributed by atoms with van der Waals surface area (Å²) in [7, 11) is 0. The summed E-state index contributed by atoms with van der Waals surface area (Å²) in [6, 6.07) is 3.32. The molecule has 2 heterocycles. The Hall–Kier alpha value is -1.95. The smallest absolute Gasteiger partial charge is 0.261 e. The van der Waals surface area contributed by atoms with E-state index in [2.05, 4.69) is 10.3 Å². The summed E-state index contributed by atoms with van der Waals surface area (Å²) < 4.78 is 1.48. The topological polar surface area (TPSA) is 64.0 Å². The predicted molar refractivity (Wildman–Crippen MR) is 74.6 cm³/mol. The molecule has 0 fully saturated rings. The number of carbonyl (C=O) groups is 1. The first kappa shape index (κ1) is 13.5. The predicted octanol–water partition coefficient (Wildman–Crippen LogP) is 1.35. The van der Waals surface area contributed by atoms with E-state index in [1.165, 1.54) is 28.3 Å². The van der Waals surface area contributed by atoms with Crippen LogP contribution in [0.4, 0.5) is 0 Å². The lowest BCUT2D eigenvalue weighted by Gasteiger charge is -2.06. The molecule has 100 valence electrons. The second-order valence-corrected chi connectivity index (χ2v) is 5.22. The summed E-state index contributed by atoms with van der Waals surface area (Å²) >= 11 is 1.42. The van der Waals surface area contributed by atoms with Gasteiger partial charge in [-0.2, -0.15) is 0 Å². The van der Waals surface area contributed by atoms with Gasteiger partial charge < -0.3 is 5.32 Å². The zero-order valence-corrected chi connectivity index (χ0v) is 11.7. The standard InChI is InChI=1S/C13H15N3O2S/c1-9-5-11(19-7-9)13(18)14-3-4-16-8-15-10(2)6-12(16)17/h5-8H,3-4H2,1-2H3,(H,14,18). The summed E-state index contributed by atoms with van der Waals surface area (Å²) in [6.07, 6.45) is 1.50. The van der Waals surface area contributed by atoms with Crippen molar-refractivity contribution < 1.29 is 4.79 Å². The second-order valence-electron chi connectivity index (χ2n) is 4.31. The van der Waals surface area contributed by atoms with Crippen LogP contribution in [0.3, 0.4) is 0 Å². The lowest BCUT2D eigenvalue weighted by molar-refractivity contribution is 0.0956. The number of carbonyl (C=O) groups excluding carboxylic acids is 1. The Morgan fingerprint density at radius 1 is 1.42 bits per heavy atom. The molecule has 2 aromatic rings. The van der Waals surface area contributed by atoms with Crippen LogP contribution < -0.4 is 10.9 Å². The highest BCUT2D eigenvalue weighted by molar-refractivity contribution is 7.12. The quantitative estimate of drug-likeness (QED) is 0.917. The molecule has 19 heavy (non-hydrogen) atoms. The van der Waals surface area contributed by atoms with E-state index in [0.717, 1.165) is 5.56 Å². The van der Waals surface area contributed by atoms with Crippen molar-refractivity contribution in [3.8, 4) is 0 Å². The van der Waals surface area contributed by atoms with Crippen LogP contribution in [0, 0.1) is 13.8 Å². The van der Waals surface area contributed by atoms with E-state index in [9.17, 15) is 9.59 Å². The number of hydrogen-bond donors (Lipinski definition) is 1. The van der Waals surface area contributed by atoms with Gasteiger partial charge in [-0.25, -0.2) is 4.98 Å². The van der Waals surface area contributed by atoms with Gasteiger partial charge in [0.2, 0.25) is 0 Å². The third kappa shape index (κ3) is 3.51. The summed E-state index contributed by atoms with van der Waals surface area (Å²) in [5.41, 5.74) is 1.67. The Bertz CT molecular complexity index is 645. The molecular weight excluding hydrogens is 262 g/mol. The maximum absolute atomic E-state index is 11.8. The van der Waals surface area contributed by atoms with E-state index in [-0.39, 0.29) is 11.5 Å². The van der Waals surface area contributed by atoms with Crippen LogP contribution >= 0.6 is 11.3 Å². The Labute approximate surface area is 114 Å². The normalized spacial score (nSPS) is 10.4. The van der Waals surface area contributed by atoms with Crippen LogP contribution in [0.1, 0.15) is 20.9 Å². The minimum absolute atomic E-state index is 0.103. The molecule has 0 aliphatic carbocycles. The first-order chi connectivity index (χ1) is 9.06. The molecule has 0 unspecified atom stereocenters. The zero-order valence-electron chi connectivity index (χ0n) is 10.8. The lowest BCUT2D eigenvalue weighted by Crippen LogP contribution is -2.30. The van der Waals surface area contributed by atoms with E-state index >= 15 is 0 Å². The van der Waals surface area contributed by atoms with Crippen LogP contribution in [0.25, 0.3) is 0 Å². The molecule has 0 aliphatic heterocycles.